The molecule has 11 nitrogen and oxygen atoms in total. The number of nitrogens with one attached hydrogen (secondary N) is 3. The number of benzene rings is 1. The molecule has 1 atom stereocenters. The van der Waals surface area contributed by atoms with Crippen LogP contribution in [0.3, 0.4) is 0 Å². The molecule has 0 aliphatic carbocycles. The first-order valence-corrected chi connectivity index (χ1v) is 11.3. The van der Waals surface area contributed by atoms with Gasteiger partial charge in [-0.05, 0) is 31.2 Å². The molecule has 5 N–H and O–H groups in total. The Balaban J connectivity index is 1.41. The number of hydrogen-bond donors (Lipinski definition) is 4. The van der Waals surface area contributed by atoms with E-state index < -0.39 is 17.2 Å². The van der Waals surface area contributed by atoms with Crippen LogP contribution in [-0.2, 0) is 6.54 Å². The number of carbonyl (C=O) groups is 1. The number of anilines is 1. The number of carbonyl (C=O) groups excluding carboxylic acids is 1. The zero-order chi connectivity index (χ0) is 24.2. The molecule has 1 saturated heterocycles. The van der Waals surface area contributed by atoms with Crippen LogP contribution >= 0.6 is 0 Å². The van der Waals surface area contributed by atoms with Crippen LogP contribution in [0, 0.1) is 0 Å². The minimum Gasteiger partial charge on any atom is -0.392 e. The van der Waals surface area contributed by atoms with Gasteiger partial charge in [0.1, 0.15) is 11.4 Å². The van der Waals surface area contributed by atoms with Crippen molar-refractivity contribution in [1.82, 2.24) is 34.9 Å². The van der Waals surface area contributed by atoms with Crippen molar-refractivity contribution < 1.29 is 4.79 Å². The molecule has 4 rings (SSSR count). The number of H-pyrrole nitrogens is 2. The molecule has 0 unspecified atom stereocenters. The van der Waals surface area contributed by atoms with Crippen molar-refractivity contribution in [2.75, 3.05) is 45.5 Å². The van der Waals surface area contributed by atoms with E-state index in [9.17, 15) is 14.4 Å². The zero-order valence-electron chi connectivity index (χ0n) is 19.4. The van der Waals surface area contributed by atoms with E-state index >= 15 is 0 Å². The molecule has 1 fully saturated rings. The molecule has 2 aromatic heterocycles. The fraction of sp³-hybridized carbons (Fsp3) is 0.391. The SMILES string of the molecule is C[C@@H](NC(=O)c1[nH]c(=O)[nH]c(=O)c1N)c1cccc(-c2cnn(CCN3CCN(C)CC3)c2)c1. The summed E-state index contributed by atoms with van der Waals surface area (Å²) < 4.78 is 1.96. The monoisotopic (exact) mass is 466 g/mol. The normalized spacial score (nSPS) is 15.8. The zero-order valence-corrected chi connectivity index (χ0v) is 19.4. The summed E-state index contributed by atoms with van der Waals surface area (Å²) >= 11 is 0. The van der Waals surface area contributed by atoms with Gasteiger partial charge in [-0.3, -0.25) is 24.2 Å². The lowest BCUT2D eigenvalue weighted by Gasteiger charge is -2.32. The van der Waals surface area contributed by atoms with Gasteiger partial charge >= 0.3 is 5.69 Å². The molecule has 11 heteroatoms. The maximum absolute atomic E-state index is 12.6. The average molecular weight is 467 g/mol. The average Bonchev–Trinajstić information content (AvgIpc) is 3.30. The highest BCUT2D eigenvalue weighted by Crippen LogP contribution is 2.23. The standard InChI is InChI=1S/C23H30N8O3/c1-15(26-22(33)20-19(24)21(32)28-23(34)27-20)16-4-3-5-17(12-16)18-13-25-31(14-18)11-10-30-8-6-29(2)7-9-30/h3-5,12-15H,6-11,24H2,1-2H3,(H,26,33)(H2,27,28,32,34)/t15-/m1/s1. The van der Waals surface area contributed by atoms with E-state index in [0.717, 1.165) is 56.0 Å². The van der Waals surface area contributed by atoms with Crippen molar-refractivity contribution in [2.45, 2.75) is 19.5 Å². The van der Waals surface area contributed by atoms with Gasteiger partial charge in [-0.25, -0.2) is 4.79 Å². The maximum atomic E-state index is 12.6. The van der Waals surface area contributed by atoms with Crippen LogP contribution in [0.25, 0.3) is 11.1 Å². The summed E-state index contributed by atoms with van der Waals surface area (Å²) in [7, 11) is 2.15. The molecule has 1 aromatic carbocycles. The molecule has 1 aliphatic heterocycles. The third-order valence-corrected chi connectivity index (χ3v) is 6.15. The minimum absolute atomic E-state index is 0.251. The quantitative estimate of drug-likeness (QED) is 0.390. The molecule has 180 valence electrons. The fourth-order valence-corrected chi connectivity index (χ4v) is 3.97. The lowest BCUT2D eigenvalue weighted by molar-refractivity contribution is 0.0935. The number of aromatic amines is 2. The van der Waals surface area contributed by atoms with Gasteiger partial charge in [0.25, 0.3) is 11.5 Å². The van der Waals surface area contributed by atoms with Gasteiger partial charge < -0.3 is 20.9 Å². The molecule has 3 aromatic rings. The van der Waals surface area contributed by atoms with Gasteiger partial charge in [0, 0.05) is 44.5 Å². The molecular weight excluding hydrogens is 436 g/mol. The molecule has 0 spiro atoms. The van der Waals surface area contributed by atoms with Gasteiger partial charge in [-0.2, -0.15) is 5.10 Å². The molecule has 3 heterocycles. The predicted octanol–water partition coefficient (Wildman–Crippen LogP) is 0.247. The molecule has 1 aliphatic rings. The first-order chi connectivity index (χ1) is 16.3. The van der Waals surface area contributed by atoms with E-state index in [4.69, 9.17) is 5.73 Å². The second kappa shape index (κ2) is 10.1. The summed E-state index contributed by atoms with van der Waals surface area (Å²) in [4.78, 5) is 44.9. The largest absolute Gasteiger partial charge is 0.392 e. The number of nitrogen functional groups attached to an aromatic ring is 1. The van der Waals surface area contributed by atoms with E-state index in [0.29, 0.717) is 0 Å². The summed E-state index contributed by atoms with van der Waals surface area (Å²) in [6.07, 6.45) is 3.87. The Labute approximate surface area is 196 Å². The summed E-state index contributed by atoms with van der Waals surface area (Å²) in [5.41, 5.74) is 6.32. The third-order valence-electron chi connectivity index (χ3n) is 6.15. The summed E-state index contributed by atoms with van der Waals surface area (Å²) in [6, 6.07) is 7.40. The van der Waals surface area contributed by atoms with Crippen LogP contribution in [0.5, 0.6) is 0 Å². The number of aromatic nitrogens is 4. The van der Waals surface area contributed by atoms with Crippen molar-refractivity contribution >= 4 is 11.6 Å². The van der Waals surface area contributed by atoms with Gasteiger partial charge in [-0.1, -0.05) is 18.2 Å². The molecule has 0 bridgehead atoms. The first-order valence-electron chi connectivity index (χ1n) is 11.3. The minimum atomic E-state index is -0.798. The lowest BCUT2D eigenvalue weighted by Crippen LogP contribution is -2.45. The fourth-order valence-electron chi connectivity index (χ4n) is 3.97. The number of hydrogen-bond acceptors (Lipinski definition) is 7. The van der Waals surface area contributed by atoms with Crippen LogP contribution in [0.2, 0.25) is 0 Å². The second-order valence-corrected chi connectivity index (χ2v) is 8.65. The van der Waals surface area contributed by atoms with Crippen LogP contribution in [0.4, 0.5) is 5.69 Å². The number of nitrogens with two attached hydrogens (primary N) is 1. The number of piperazine rings is 1. The van der Waals surface area contributed by atoms with E-state index in [1.165, 1.54) is 0 Å². The second-order valence-electron chi connectivity index (χ2n) is 8.65. The highest BCUT2D eigenvalue weighted by atomic mass is 16.2. The van der Waals surface area contributed by atoms with E-state index in [1.807, 2.05) is 53.2 Å². The molecule has 0 saturated carbocycles. The van der Waals surface area contributed by atoms with Crippen molar-refractivity contribution in [2.24, 2.45) is 0 Å². The molecule has 1 amide bonds. The number of amides is 1. The number of rotatable bonds is 7. The summed E-state index contributed by atoms with van der Waals surface area (Å²) in [6.45, 7) is 7.94. The van der Waals surface area contributed by atoms with Gasteiger partial charge in [0.2, 0.25) is 0 Å². The predicted molar refractivity (Wildman–Crippen MR) is 130 cm³/mol. The Morgan fingerprint density at radius 3 is 2.68 bits per heavy atom. The van der Waals surface area contributed by atoms with Crippen molar-refractivity contribution in [3.05, 3.63) is 68.8 Å². The van der Waals surface area contributed by atoms with Gasteiger partial charge in [0.15, 0.2) is 0 Å². The van der Waals surface area contributed by atoms with Gasteiger partial charge in [-0.15, -0.1) is 0 Å². The lowest BCUT2D eigenvalue weighted by atomic mass is 10.0. The van der Waals surface area contributed by atoms with E-state index in [2.05, 4.69) is 32.2 Å². The van der Waals surface area contributed by atoms with Crippen LogP contribution in [-0.4, -0.2) is 75.2 Å². The topological polar surface area (TPSA) is 145 Å². The Kier molecular flexibility index (Phi) is 6.94. The Hall–Kier alpha value is -3.70. The highest BCUT2D eigenvalue weighted by molar-refractivity contribution is 5.97. The Morgan fingerprint density at radius 2 is 1.91 bits per heavy atom. The Bertz CT molecular complexity index is 1270. The van der Waals surface area contributed by atoms with Crippen molar-refractivity contribution in [3.8, 4) is 11.1 Å². The van der Waals surface area contributed by atoms with Crippen LogP contribution in [0.15, 0.2) is 46.2 Å². The number of nitrogens with zero attached hydrogens (tertiary/aromatic N) is 4. The Morgan fingerprint density at radius 1 is 1.15 bits per heavy atom. The maximum Gasteiger partial charge on any atom is 0.326 e. The van der Waals surface area contributed by atoms with Crippen molar-refractivity contribution in [1.29, 1.82) is 0 Å². The smallest absolute Gasteiger partial charge is 0.326 e. The van der Waals surface area contributed by atoms with E-state index in [-0.39, 0.29) is 17.4 Å². The molecule has 34 heavy (non-hydrogen) atoms. The summed E-state index contributed by atoms with van der Waals surface area (Å²) in [5.74, 6) is -0.629. The van der Waals surface area contributed by atoms with Crippen LogP contribution < -0.4 is 22.3 Å². The van der Waals surface area contributed by atoms with Crippen molar-refractivity contribution in [3.63, 3.8) is 0 Å². The number of likely N-dealkylation sites (N-methyl/N-ethyl adjacent to an activating group) is 1. The third kappa shape index (κ3) is 5.43. The molecule has 0 radical (unpaired) electrons. The van der Waals surface area contributed by atoms with Crippen LogP contribution in [0.1, 0.15) is 29.0 Å². The molecular formula is C23H30N8O3. The highest BCUT2D eigenvalue weighted by Gasteiger charge is 2.18. The van der Waals surface area contributed by atoms with Gasteiger partial charge in [0.05, 0.1) is 18.8 Å². The summed E-state index contributed by atoms with van der Waals surface area (Å²) in [5, 5.41) is 7.29. The first kappa shape index (κ1) is 23.5. The van der Waals surface area contributed by atoms with E-state index in [1.54, 1.807) is 0 Å².